The number of aromatic amines is 1. The molecule has 104 valence electrons. The normalized spacial score (nSPS) is 12.4. The number of aromatic carboxylic acids is 1. The standard InChI is InChI=1S/C15H10N2O3S/c18-15(19)14-11-6-20-12-2-1-8(9-3-4-21-7-9)5-10(12)13(11)16-17-14/h1-5,7H,6H2,(H,16,17)(H,18,19). The number of hydrogen-bond acceptors (Lipinski definition) is 4. The van der Waals surface area contributed by atoms with Crippen LogP contribution in [0.15, 0.2) is 35.0 Å². The monoisotopic (exact) mass is 298 g/mol. The third-order valence-electron chi connectivity index (χ3n) is 3.55. The number of hydrogen-bond donors (Lipinski definition) is 2. The Morgan fingerprint density at radius 3 is 3.00 bits per heavy atom. The molecule has 2 aromatic heterocycles. The largest absolute Gasteiger partial charge is 0.488 e. The first kappa shape index (κ1) is 12.2. The average molecular weight is 298 g/mol. The molecule has 0 radical (unpaired) electrons. The second kappa shape index (κ2) is 4.46. The molecule has 1 aliphatic heterocycles. The molecule has 0 spiro atoms. The van der Waals surface area contributed by atoms with Gasteiger partial charge in [-0.25, -0.2) is 4.79 Å². The molecule has 1 aliphatic rings. The minimum absolute atomic E-state index is 0.0246. The molecule has 21 heavy (non-hydrogen) atoms. The number of rotatable bonds is 2. The number of thiophene rings is 1. The molecule has 1 aromatic carbocycles. The number of ether oxygens (including phenoxy) is 1. The highest BCUT2D eigenvalue weighted by atomic mass is 32.1. The van der Waals surface area contributed by atoms with Gasteiger partial charge >= 0.3 is 5.97 Å². The van der Waals surface area contributed by atoms with Gasteiger partial charge in [-0.15, -0.1) is 0 Å². The highest BCUT2D eigenvalue weighted by Gasteiger charge is 2.26. The van der Waals surface area contributed by atoms with Crippen LogP contribution < -0.4 is 4.74 Å². The molecular weight excluding hydrogens is 288 g/mol. The van der Waals surface area contributed by atoms with Gasteiger partial charge in [0.25, 0.3) is 0 Å². The number of aromatic nitrogens is 2. The van der Waals surface area contributed by atoms with Gasteiger partial charge in [0.1, 0.15) is 12.4 Å². The van der Waals surface area contributed by atoms with Crippen LogP contribution in [0, 0.1) is 0 Å². The maximum absolute atomic E-state index is 11.2. The van der Waals surface area contributed by atoms with Gasteiger partial charge in [-0.3, -0.25) is 5.10 Å². The highest BCUT2D eigenvalue weighted by molar-refractivity contribution is 7.08. The van der Waals surface area contributed by atoms with Crippen molar-refractivity contribution in [3.63, 3.8) is 0 Å². The van der Waals surface area contributed by atoms with E-state index in [1.54, 1.807) is 11.3 Å². The fraction of sp³-hybridized carbons (Fsp3) is 0.0667. The number of nitrogens with one attached hydrogen (secondary N) is 1. The van der Waals surface area contributed by atoms with Gasteiger partial charge in [0.05, 0.1) is 11.3 Å². The Kier molecular flexibility index (Phi) is 2.58. The summed E-state index contributed by atoms with van der Waals surface area (Å²) in [4.78, 5) is 11.2. The molecule has 3 heterocycles. The van der Waals surface area contributed by atoms with Crippen molar-refractivity contribution >= 4 is 17.3 Å². The van der Waals surface area contributed by atoms with E-state index < -0.39 is 5.97 Å². The summed E-state index contributed by atoms with van der Waals surface area (Å²) in [5, 5.41) is 20.0. The molecule has 0 amide bonds. The molecule has 0 saturated carbocycles. The van der Waals surface area contributed by atoms with Crippen LogP contribution in [-0.4, -0.2) is 21.3 Å². The summed E-state index contributed by atoms with van der Waals surface area (Å²) in [5.74, 6) is -0.310. The van der Waals surface area contributed by atoms with Crippen LogP contribution in [0.1, 0.15) is 16.1 Å². The summed E-state index contributed by atoms with van der Waals surface area (Å²) >= 11 is 1.64. The van der Waals surface area contributed by atoms with Crippen molar-refractivity contribution in [3.8, 4) is 28.1 Å². The molecule has 0 aliphatic carbocycles. The molecule has 0 atom stereocenters. The molecule has 0 unspecified atom stereocenters. The van der Waals surface area contributed by atoms with E-state index >= 15 is 0 Å². The van der Waals surface area contributed by atoms with Gasteiger partial charge in [-0.1, -0.05) is 6.07 Å². The van der Waals surface area contributed by atoms with E-state index in [0.717, 1.165) is 28.1 Å². The Bertz CT molecular complexity index is 837. The summed E-state index contributed by atoms with van der Waals surface area (Å²) in [6.45, 7) is 0.221. The number of benzene rings is 1. The number of carboxylic acid groups (broad SMARTS) is 1. The average Bonchev–Trinajstić information content (AvgIpc) is 3.16. The van der Waals surface area contributed by atoms with Crippen LogP contribution in [0.5, 0.6) is 5.75 Å². The van der Waals surface area contributed by atoms with Gasteiger partial charge in [0, 0.05) is 5.56 Å². The first-order chi connectivity index (χ1) is 10.2. The molecule has 6 heteroatoms. The van der Waals surface area contributed by atoms with Crippen LogP contribution in [0.25, 0.3) is 22.4 Å². The lowest BCUT2D eigenvalue weighted by Gasteiger charge is -2.18. The Labute approximate surface area is 123 Å². The number of carboxylic acids is 1. The molecular formula is C15H10N2O3S. The van der Waals surface area contributed by atoms with E-state index in [2.05, 4.69) is 15.6 Å². The maximum Gasteiger partial charge on any atom is 0.356 e. The minimum Gasteiger partial charge on any atom is -0.488 e. The third kappa shape index (κ3) is 1.84. The lowest BCUT2D eigenvalue weighted by atomic mass is 9.98. The van der Waals surface area contributed by atoms with Gasteiger partial charge in [0.15, 0.2) is 5.69 Å². The second-order valence-corrected chi connectivity index (χ2v) is 5.52. The van der Waals surface area contributed by atoms with E-state index in [1.165, 1.54) is 0 Å². The molecule has 5 nitrogen and oxygen atoms in total. The van der Waals surface area contributed by atoms with E-state index in [9.17, 15) is 4.79 Å². The number of fused-ring (bicyclic) bond motifs is 3. The maximum atomic E-state index is 11.2. The Balaban J connectivity index is 1.89. The summed E-state index contributed by atoms with van der Waals surface area (Å²) in [5.41, 5.74) is 4.39. The zero-order valence-electron chi connectivity index (χ0n) is 10.8. The van der Waals surface area contributed by atoms with Crippen molar-refractivity contribution in [1.29, 1.82) is 0 Å². The van der Waals surface area contributed by atoms with Crippen molar-refractivity contribution in [2.45, 2.75) is 6.61 Å². The van der Waals surface area contributed by atoms with Crippen molar-refractivity contribution in [1.82, 2.24) is 10.2 Å². The first-order valence-electron chi connectivity index (χ1n) is 6.34. The van der Waals surface area contributed by atoms with Crippen molar-refractivity contribution in [2.75, 3.05) is 0 Å². The fourth-order valence-electron chi connectivity index (χ4n) is 2.51. The Hall–Kier alpha value is -2.60. The molecule has 0 saturated heterocycles. The Morgan fingerprint density at radius 1 is 1.33 bits per heavy atom. The zero-order chi connectivity index (χ0) is 14.4. The Morgan fingerprint density at radius 2 is 2.24 bits per heavy atom. The van der Waals surface area contributed by atoms with E-state index in [-0.39, 0.29) is 12.3 Å². The van der Waals surface area contributed by atoms with Crippen molar-refractivity contribution < 1.29 is 14.6 Å². The van der Waals surface area contributed by atoms with Crippen LogP contribution in [0.2, 0.25) is 0 Å². The summed E-state index contributed by atoms with van der Waals surface area (Å²) in [6.07, 6.45) is 0. The third-order valence-corrected chi connectivity index (χ3v) is 4.23. The topological polar surface area (TPSA) is 75.2 Å². The predicted octanol–water partition coefficient (Wildman–Crippen LogP) is 3.40. The van der Waals surface area contributed by atoms with Crippen LogP contribution in [-0.2, 0) is 6.61 Å². The molecule has 0 fully saturated rings. The van der Waals surface area contributed by atoms with Crippen LogP contribution in [0.4, 0.5) is 0 Å². The summed E-state index contributed by atoms with van der Waals surface area (Å²) < 4.78 is 5.65. The van der Waals surface area contributed by atoms with Crippen LogP contribution >= 0.6 is 11.3 Å². The number of carbonyl (C=O) groups is 1. The summed E-state index contributed by atoms with van der Waals surface area (Å²) in [7, 11) is 0. The zero-order valence-corrected chi connectivity index (χ0v) is 11.6. The van der Waals surface area contributed by atoms with E-state index in [4.69, 9.17) is 9.84 Å². The molecule has 3 aromatic rings. The van der Waals surface area contributed by atoms with E-state index in [1.807, 2.05) is 29.6 Å². The van der Waals surface area contributed by atoms with Crippen molar-refractivity contribution in [3.05, 3.63) is 46.3 Å². The lowest BCUT2D eigenvalue weighted by Crippen LogP contribution is -2.09. The number of nitrogens with zero attached hydrogens (tertiary/aromatic N) is 1. The van der Waals surface area contributed by atoms with Gasteiger partial charge in [-0.2, -0.15) is 16.4 Å². The van der Waals surface area contributed by atoms with Gasteiger partial charge in [-0.05, 0) is 40.1 Å². The smallest absolute Gasteiger partial charge is 0.356 e. The quantitative estimate of drug-likeness (QED) is 0.760. The highest BCUT2D eigenvalue weighted by Crippen LogP contribution is 2.40. The lowest BCUT2D eigenvalue weighted by molar-refractivity contribution is 0.0687. The van der Waals surface area contributed by atoms with Crippen molar-refractivity contribution in [2.24, 2.45) is 0 Å². The van der Waals surface area contributed by atoms with Gasteiger partial charge < -0.3 is 9.84 Å². The molecule has 0 bridgehead atoms. The van der Waals surface area contributed by atoms with E-state index in [0.29, 0.717) is 5.56 Å². The predicted molar refractivity (Wildman–Crippen MR) is 78.6 cm³/mol. The SMILES string of the molecule is O=C(O)c1n[nH]c2c1COc1ccc(-c3ccsc3)cc1-2. The molecule has 2 N–H and O–H groups in total. The van der Waals surface area contributed by atoms with Crippen LogP contribution in [0.3, 0.4) is 0 Å². The first-order valence-corrected chi connectivity index (χ1v) is 7.28. The molecule has 4 rings (SSSR count). The van der Waals surface area contributed by atoms with Gasteiger partial charge in [0.2, 0.25) is 0 Å². The number of H-pyrrole nitrogens is 1. The fourth-order valence-corrected chi connectivity index (χ4v) is 3.18. The minimum atomic E-state index is -1.05. The second-order valence-electron chi connectivity index (χ2n) is 4.74. The summed E-state index contributed by atoms with van der Waals surface area (Å²) in [6, 6.07) is 7.96.